The van der Waals surface area contributed by atoms with Crippen molar-refractivity contribution >= 4 is 34.0 Å². The first-order chi connectivity index (χ1) is 17.7. The third-order valence-corrected chi connectivity index (χ3v) is 7.23. The average molecular weight is 487 g/mol. The van der Waals surface area contributed by atoms with E-state index in [1.54, 1.807) is 0 Å². The standard InChI is InChI=1S/C28H34N6O2/c1-3-33-27(21-9-14-35-15-10-21)30-26-24(32-12-16-36-17-13-32)19-25(29-28(26)33)34-11-5-8-23(31-34)22-7-4-6-20(2)18-22/h4,6-7,9,18-19H,3,5,8,10-17H2,1-2H3. The second-order valence-corrected chi connectivity index (χ2v) is 9.65. The molecule has 188 valence electrons. The van der Waals surface area contributed by atoms with Crippen molar-refractivity contribution in [3.63, 3.8) is 0 Å². The number of aromatic nitrogens is 3. The van der Waals surface area contributed by atoms with E-state index in [-0.39, 0.29) is 0 Å². The summed E-state index contributed by atoms with van der Waals surface area (Å²) in [4.78, 5) is 12.8. The molecule has 3 aromatic rings. The summed E-state index contributed by atoms with van der Waals surface area (Å²) in [5, 5.41) is 7.18. The SMILES string of the molecule is CCn1c(C2=CCOCC2)nc2c(N3CCOCC3)cc(N3CCCC(c4cccc(C)c4)=N3)nc21. The Kier molecular flexibility index (Phi) is 6.46. The number of hydrogen-bond donors (Lipinski definition) is 0. The highest BCUT2D eigenvalue weighted by atomic mass is 16.5. The number of ether oxygens (including phenoxy) is 2. The molecule has 0 unspecified atom stereocenters. The van der Waals surface area contributed by atoms with E-state index in [1.807, 2.05) is 0 Å². The van der Waals surface area contributed by atoms with E-state index in [9.17, 15) is 0 Å². The van der Waals surface area contributed by atoms with Gasteiger partial charge < -0.3 is 18.9 Å². The van der Waals surface area contributed by atoms with Crippen molar-refractivity contribution in [2.24, 2.45) is 5.10 Å². The molecule has 6 rings (SSSR count). The maximum absolute atomic E-state index is 5.66. The summed E-state index contributed by atoms with van der Waals surface area (Å²) in [6.45, 7) is 10.5. The third-order valence-electron chi connectivity index (χ3n) is 7.23. The highest BCUT2D eigenvalue weighted by molar-refractivity contribution is 6.01. The Morgan fingerprint density at radius 1 is 0.972 bits per heavy atom. The molecule has 1 aromatic carbocycles. The molecular weight excluding hydrogens is 452 g/mol. The van der Waals surface area contributed by atoms with E-state index in [1.165, 1.54) is 16.7 Å². The first-order valence-corrected chi connectivity index (χ1v) is 13.1. The molecule has 0 aliphatic carbocycles. The van der Waals surface area contributed by atoms with E-state index >= 15 is 0 Å². The van der Waals surface area contributed by atoms with Gasteiger partial charge in [-0.05, 0) is 44.2 Å². The molecule has 1 saturated heterocycles. The number of rotatable bonds is 5. The van der Waals surface area contributed by atoms with Crippen LogP contribution in [0.25, 0.3) is 16.7 Å². The lowest BCUT2D eigenvalue weighted by atomic mass is 10.0. The van der Waals surface area contributed by atoms with Crippen LogP contribution in [-0.2, 0) is 16.0 Å². The molecule has 36 heavy (non-hydrogen) atoms. The predicted octanol–water partition coefficient (Wildman–Crippen LogP) is 4.40. The molecule has 0 spiro atoms. The molecule has 0 amide bonds. The van der Waals surface area contributed by atoms with Gasteiger partial charge >= 0.3 is 0 Å². The number of fused-ring (bicyclic) bond motifs is 1. The zero-order valence-corrected chi connectivity index (χ0v) is 21.2. The highest BCUT2D eigenvalue weighted by Crippen LogP contribution is 2.34. The summed E-state index contributed by atoms with van der Waals surface area (Å²) in [5.74, 6) is 1.90. The molecule has 8 nitrogen and oxygen atoms in total. The molecule has 0 radical (unpaired) electrons. The molecular formula is C28H34N6O2. The molecule has 3 aliphatic rings. The monoisotopic (exact) mass is 486 g/mol. The van der Waals surface area contributed by atoms with Gasteiger partial charge in [0.1, 0.15) is 11.3 Å². The summed E-state index contributed by atoms with van der Waals surface area (Å²) >= 11 is 0. The van der Waals surface area contributed by atoms with Crippen LogP contribution < -0.4 is 9.91 Å². The van der Waals surface area contributed by atoms with E-state index in [0.717, 1.165) is 99.5 Å². The largest absolute Gasteiger partial charge is 0.378 e. The zero-order valence-electron chi connectivity index (χ0n) is 21.2. The van der Waals surface area contributed by atoms with Crippen LogP contribution in [0.15, 0.2) is 41.5 Å². The second-order valence-electron chi connectivity index (χ2n) is 9.65. The zero-order chi connectivity index (χ0) is 24.5. The molecule has 1 fully saturated rings. The van der Waals surface area contributed by atoms with Crippen LogP contribution in [0.5, 0.6) is 0 Å². The molecule has 5 heterocycles. The molecule has 0 bridgehead atoms. The van der Waals surface area contributed by atoms with Gasteiger partial charge in [0.05, 0.1) is 37.8 Å². The number of hydrazone groups is 1. The normalized spacial score (nSPS) is 18.9. The summed E-state index contributed by atoms with van der Waals surface area (Å²) in [6, 6.07) is 10.8. The van der Waals surface area contributed by atoms with Gasteiger partial charge in [0, 0.05) is 32.2 Å². The van der Waals surface area contributed by atoms with Gasteiger partial charge in [0.25, 0.3) is 0 Å². The summed E-state index contributed by atoms with van der Waals surface area (Å²) in [5.41, 5.74) is 7.83. The number of hydrogen-bond acceptors (Lipinski definition) is 7. The Morgan fingerprint density at radius 2 is 1.86 bits per heavy atom. The minimum atomic E-state index is 0.640. The van der Waals surface area contributed by atoms with Crippen LogP contribution in [0.4, 0.5) is 11.5 Å². The number of aryl methyl sites for hydroxylation is 2. The number of benzene rings is 1. The molecule has 0 saturated carbocycles. The van der Waals surface area contributed by atoms with Crippen LogP contribution >= 0.6 is 0 Å². The van der Waals surface area contributed by atoms with Crippen molar-refractivity contribution in [2.75, 3.05) is 56.0 Å². The van der Waals surface area contributed by atoms with E-state index in [2.05, 4.69) is 64.7 Å². The molecule has 0 N–H and O–H groups in total. The van der Waals surface area contributed by atoms with Crippen molar-refractivity contribution < 1.29 is 9.47 Å². The van der Waals surface area contributed by atoms with Crippen molar-refractivity contribution in [1.29, 1.82) is 0 Å². The average Bonchev–Trinajstić information content (AvgIpc) is 3.32. The molecule has 3 aliphatic heterocycles. The smallest absolute Gasteiger partial charge is 0.164 e. The van der Waals surface area contributed by atoms with Gasteiger partial charge in [0.15, 0.2) is 11.5 Å². The molecule has 0 atom stereocenters. The summed E-state index contributed by atoms with van der Waals surface area (Å²) in [7, 11) is 0. The van der Waals surface area contributed by atoms with Crippen LogP contribution in [-0.4, -0.2) is 66.3 Å². The minimum absolute atomic E-state index is 0.640. The Hall–Kier alpha value is -3.23. The fourth-order valence-corrected chi connectivity index (χ4v) is 5.35. The lowest BCUT2D eigenvalue weighted by Crippen LogP contribution is -2.36. The fraction of sp³-hybridized carbons (Fsp3) is 0.464. The summed E-state index contributed by atoms with van der Waals surface area (Å²) < 4.78 is 13.5. The number of imidazole rings is 1. The third kappa shape index (κ3) is 4.40. The van der Waals surface area contributed by atoms with Gasteiger partial charge in [-0.15, -0.1) is 0 Å². The first kappa shape index (κ1) is 23.2. The second kappa shape index (κ2) is 10.0. The number of morpholine rings is 1. The Balaban J connectivity index is 1.48. The van der Waals surface area contributed by atoms with Gasteiger partial charge in [-0.1, -0.05) is 35.9 Å². The molecule has 2 aromatic heterocycles. The first-order valence-electron chi connectivity index (χ1n) is 13.1. The van der Waals surface area contributed by atoms with E-state index in [0.29, 0.717) is 6.61 Å². The number of anilines is 2. The van der Waals surface area contributed by atoms with Gasteiger partial charge in [-0.3, -0.25) is 0 Å². The van der Waals surface area contributed by atoms with Crippen molar-refractivity contribution in [2.45, 2.75) is 39.7 Å². The molecule has 8 heteroatoms. The van der Waals surface area contributed by atoms with E-state index in [4.69, 9.17) is 24.5 Å². The summed E-state index contributed by atoms with van der Waals surface area (Å²) in [6.07, 6.45) is 5.06. The van der Waals surface area contributed by atoms with Crippen LogP contribution in [0.2, 0.25) is 0 Å². The fourth-order valence-electron chi connectivity index (χ4n) is 5.35. The highest BCUT2D eigenvalue weighted by Gasteiger charge is 2.25. The van der Waals surface area contributed by atoms with Crippen LogP contribution in [0, 0.1) is 6.92 Å². The maximum Gasteiger partial charge on any atom is 0.164 e. The lowest BCUT2D eigenvalue weighted by molar-refractivity contribution is 0.123. The van der Waals surface area contributed by atoms with Gasteiger partial charge in [-0.25, -0.2) is 15.0 Å². The number of pyridine rings is 1. The Morgan fingerprint density at radius 3 is 2.64 bits per heavy atom. The van der Waals surface area contributed by atoms with Gasteiger partial charge in [-0.2, -0.15) is 5.10 Å². The minimum Gasteiger partial charge on any atom is -0.378 e. The quantitative estimate of drug-likeness (QED) is 0.532. The Bertz CT molecular complexity index is 1320. The maximum atomic E-state index is 5.66. The topological polar surface area (TPSA) is 68.0 Å². The number of nitrogens with zero attached hydrogens (tertiary/aromatic N) is 6. The van der Waals surface area contributed by atoms with E-state index < -0.39 is 0 Å². The van der Waals surface area contributed by atoms with Crippen molar-refractivity contribution in [3.05, 3.63) is 53.4 Å². The van der Waals surface area contributed by atoms with Gasteiger partial charge in [0.2, 0.25) is 0 Å². The lowest BCUT2D eigenvalue weighted by Gasteiger charge is -2.30. The Labute approximate surface area is 212 Å². The van der Waals surface area contributed by atoms with Crippen molar-refractivity contribution in [3.8, 4) is 0 Å². The van der Waals surface area contributed by atoms with Crippen molar-refractivity contribution in [1.82, 2.24) is 14.5 Å². The van der Waals surface area contributed by atoms with Crippen LogP contribution in [0.3, 0.4) is 0 Å². The predicted molar refractivity (Wildman–Crippen MR) is 144 cm³/mol. The van der Waals surface area contributed by atoms with Crippen LogP contribution in [0.1, 0.15) is 43.1 Å².